The lowest BCUT2D eigenvalue weighted by atomic mass is 9.91. The fraction of sp³-hybridized carbons (Fsp3) is 0.800. The van der Waals surface area contributed by atoms with Crippen molar-refractivity contribution in [1.82, 2.24) is 15.2 Å². The summed E-state index contributed by atoms with van der Waals surface area (Å²) in [5, 5.41) is 4.54. The van der Waals surface area contributed by atoms with Gasteiger partial charge in [0.25, 0.3) is 0 Å². The third-order valence-corrected chi connectivity index (χ3v) is 4.44. The molecular weight excluding hydrogens is 254 g/mol. The maximum Gasteiger partial charge on any atom is 0.0944 e. The second kappa shape index (κ2) is 7.36. The van der Waals surface area contributed by atoms with E-state index >= 15 is 0 Å². The van der Waals surface area contributed by atoms with E-state index in [1.54, 1.807) is 0 Å². The normalized spacial score (nSPS) is 12.4. The molecule has 0 bridgehead atoms. The molecule has 0 fully saturated rings. The number of rotatable bonds is 7. The van der Waals surface area contributed by atoms with Crippen molar-refractivity contribution in [2.75, 3.05) is 26.7 Å². The summed E-state index contributed by atoms with van der Waals surface area (Å²) in [5.41, 5.74) is 1.40. The molecule has 1 rings (SSSR count). The zero-order valence-electron chi connectivity index (χ0n) is 13.3. The van der Waals surface area contributed by atoms with Crippen LogP contribution in [0, 0.1) is 0 Å². The van der Waals surface area contributed by atoms with Gasteiger partial charge in [-0.05, 0) is 20.1 Å². The standard InChI is InChI=1S/C15H29N3S/c1-7-18(8-2)10-9-13-17-14(15(3,4)5)12(19-13)11-16-6/h16H,7-11H2,1-6H3. The average molecular weight is 283 g/mol. The summed E-state index contributed by atoms with van der Waals surface area (Å²) >= 11 is 1.87. The van der Waals surface area contributed by atoms with Gasteiger partial charge in [0.05, 0.1) is 10.7 Å². The third-order valence-electron chi connectivity index (χ3n) is 3.33. The topological polar surface area (TPSA) is 28.2 Å². The maximum absolute atomic E-state index is 4.89. The number of hydrogen-bond donors (Lipinski definition) is 1. The molecule has 19 heavy (non-hydrogen) atoms. The van der Waals surface area contributed by atoms with E-state index in [1.165, 1.54) is 15.6 Å². The van der Waals surface area contributed by atoms with Gasteiger partial charge in [0.1, 0.15) is 0 Å². The van der Waals surface area contributed by atoms with Crippen LogP contribution >= 0.6 is 11.3 Å². The lowest BCUT2D eigenvalue weighted by Gasteiger charge is -2.18. The number of nitrogens with one attached hydrogen (secondary N) is 1. The van der Waals surface area contributed by atoms with Crippen molar-refractivity contribution in [2.45, 2.75) is 53.0 Å². The molecule has 0 unspecified atom stereocenters. The molecular formula is C15H29N3S. The van der Waals surface area contributed by atoms with Crippen LogP contribution in [0.3, 0.4) is 0 Å². The molecule has 0 spiro atoms. The molecule has 4 heteroatoms. The minimum absolute atomic E-state index is 0.135. The van der Waals surface area contributed by atoms with Gasteiger partial charge in [-0.15, -0.1) is 11.3 Å². The van der Waals surface area contributed by atoms with Gasteiger partial charge in [0, 0.05) is 29.8 Å². The number of nitrogens with zero attached hydrogens (tertiary/aromatic N) is 2. The van der Waals surface area contributed by atoms with Crippen molar-refractivity contribution in [2.24, 2.45) is 0 Å². The van der Waals surface area contributed by atoms with Crippen molar-refractivity contribution in [3.05, 3.63) is 15.6 Å². The van der Waals surface area contributed by atoms with Gasteiger partial charge < -0.3 is 10.2 Å². The molecule has 0 aromatic carbocycles. The summed E-state index contributed by atoms with van der Waals surface area (Å²) in [6, 6.07) is 0. The first kappa shape index (κ1) is 16.6. The van der Waals surface area contributed by atoms with Crippen LogP contribution in [0.25, 0.3) is 0 Å². The molecule has 1 aromatic heterocycles. The first-order valence-electron chi connectivity index (χ1n) is 7.28. The molecule has 0 aliphatic heterocycles. The van der Waals surface area contributed by atoms with Gasteiger partial charge in [-0.2, -0.15) is 0 Å². The monoisotopic (exact) mass is 283 g/mol. The predicted molar refractivity (Wildman–Crippen MR) is 85.1 cm³/mol. The van der Waals surface area contributed by atoms with Crippen molar-refractivity contribution >= 4 is 11.3 Å². The number of aromatic nitrogens is 1. The lowest BCUT2D eigenvalue weighted by molar-refractivity contribution is 0.307. The second-order valence-corrected chi connectivity index (χ2v) is 7.10. The first-order chi connectivity index (χ1) is 8.92. The summed E-state index contributed by atoms with van der Waals surface area (Å²) in [5.74, 6) is 0. The van der Waals surface area contributed by atoms with E-state index in [9.17, 15) is 0 Å². The Morgan fingerprint density at radius 2 is 1.84 bits per heavy atom. The second-order valence-electron chi connectivity index (χ2n) is 5.94. The zero-order valence-corrected chi connectivity index (χ0v) is 14.2. The smallest absolute Gasteiger partial charge is 0.0944 e. The van der Waals surface area contributed by atoms with Gasteiger partial charge in [0.15, 0.2) is 0 Å². The highest BCUT2D eigenvalue weighted by Gasteiger charge is 2.22. The van der Waals surface area contributed by atoms with Crippen molar-refractivity contribution in [3.8, 4) is 0 Å². The fourth-order valence-corrected chi connectivity index (χ4v) is 3.45. The Kier molecular flexibility index (Phi) is 6.43. The van der Waals surface area contributed by atoms with E-state index in [2.05, 4.69) is 44.8 Å². The Bertz CT molecular complexity index is 375. The van der Waals surface area contributed by atoms with Gasteiger partial charge >= 0.3 is 0 Å². The maximum atomic E-state index is 4.89. The van der Waals surface area contributed by atoms with E-state index in [1.807, 2.05) is 18.4 Å². The Hall–Kier alpha value is -0.450. The molecule has 0 aliphatic carbocycles. The number of likely N-dealkylation sites (N-methyl/N-ethyl adjacent to an activating group) is 1. The third kappa shape index (κ3) is 4.86. The molecule has 0 radical (unpaired) electrons. The summed E-state index contributed by atoms with van der Waals surface area (Å²) in [7, 11) is 2.00. The molecule has 0 saturated carbocycles. The quantitative estimate of drug-likeness (QED) is 0.833. The van der Waals surface area contributed by atoms with Crippen molar-refractivity contribution in [3.63, 3.8) is 0 Å². The fourth-order valence-electron chi connectivity index (χ4n) is 2.17. The minimum Gasteiger partial charge on any atom is -0.315 e. The van der Waals surface area contributed by atoms with Crippen LogP contribution in [0.5, 0.6) is 0 Å². The van der Waals surface area contributed by atoms with Crippen LogP contribution in [0.1, 0.15) is 50.2 Å². The highest BCUT2D eigenvalue weighted by atomic mass is 32.1. The molecule has 1 heterocycles. The molecule has 3 nitrogen and oxygen atoms in total. The van der Waals surface area contributed by atoms with Crippen molar-refractivity contribution in [1.29, 1.82) is 0 Å². The van der Waals surface area contributed by atoms with Crippen LogP contribution in [0.4, 0.5) is 0 Å². The summed E-state index contributed by atoms with van der Waals surface area (Å²) in [6.07, 6.45) is 1.07. The summed E-state index contributed by atoms with van der Waals surface area (Å²) in [6.45, 7) is 15.5. The van der Waals surface area contributed by atoms with E-state index in [-0.39, 0.29) is 5.41 Å². The lowest BCUT2D eigenvalue weighted by Crippen LogP contribution is -2.25. The van der Waals surface area contributed by atoms with Crippen LogP contribution in [0.15, 0.2) is 0 Å². The predicted octanol–water partition coefficient (Wildman–Crippen LogP) is 3.04. The van der Waals surface area contributed by atoms with Gasteiger partial charge in [-0.3, -0.25) is 0 Å². The van der Waals surface area contributed by atoms with Gasteiger partial charge in [0.2, 0.25) is 0 Å². The molecule has 0 atom stereocenters. The van der Waals surface area contributed by atoms with Gasteiger partial charge in [-0.25, -0.2) is 4.98 Å². The van der Waals surface area contributed by atoms with E-state index < -0.39 is 0 Å². The minimum atomic E-state index is 0.135. The summed E-state index contributed by atoms with van der Waals surface area (Å²) < 4.78 is 0. The zero-order chi connectivity index (χ0) is 14.5. The van der Waals surface area contributed by atoms with Gasteiger partial charge in [-0.1, -0.05) is 34.6 Å². The Balaban J connectivity index is 2.80. The van der Waals surface area contributed by atoms with Crippen LogP contribution < -0.4 is 5.32 Å². The van der Waals surface area contributed by atoms with Crippen molar-refractivity contribution < 1.29 is 0 Å². The molecule has 0 aliphatic rings. The Labute approximate surface area is 122 Å². The summed E-state index contributed by atoms with van der Waals surface area (Å²) in [4.78, 5) is 8.74. The average Bonchev–Trinajstić information content (AvgIpc) is 2.74. The van der Waals surface area contributed by atoms with E-state index in [0.717, 1.165) is 32.6 Å². The largest absolute Gasteiger partial charge is 0.315 e. The van der Waals surface area contributed by atoms with Crippen LogP contribution in [-0.4, -0.2) is 36.6 Å². The van der Waals surface area contributed by atoms with Crippen LogP contribution in [0.2, 0.25) is 0 Å². The van der Waals surface area contributed by atoms with Crippen LogP contribution in [-0.2, 0) is 18.4 Å². The molecule has 1 aromatic rings. The Morgan fingerprint density at radius 3 is 2.32 bits per heavy atom. The highest BCUT2D eigenvalue weighted by molar-refractivity contribution is 7.11. The first-order valence-corrected chi connectivity index (χ1v) is 8.10. The SMILES string of the molecule is CCN(CC)CCc1nc(C(C)(C)C)c(CNC)s1. The molecule has 1 N–H and O–H groups in total. The molecule has 0 amide bonds. The molecule has 0 saturated heterocycles. The van der Waals surface area contributed by atoms with E-state index in [4.69, 9.17) is 4.98 Å². The Morgan fingerprint density at radius 1 is 1.21 bits per heavy atom. The highest BCUT2D eigenvalue weighted by Crippen LogP contribution is 2.29. The number of thiazole rings is 1. The van der Waals surface area contributed by atoms with E-state index in [0.29, 0.717) is 0 Å². The molecule has 110 valence electrons. The number of hydrogen-bond acceptors (Lipinski definition) is 4.